The lowest BCUT2D eigenvalue weighted by Gasteiger charge is -2.34. The smallest absolute Gasteiger partial charge is 0.309 e. The SMILES string of the molecule is CCCOc1ccccc1C(=O)N1CC[C@H](C(=O)O)[C@H](O)C1. The van der Waals surface area contributed by atoms with Gasteiger partial charge in [0, 0.05) is 13.1 Å². The zero-order chi connectivity index (χ0) is 16.1. The number of hydrogen-bond donors (Lipinski definition) is 2. The highest BCUT2D eigenvalue weighted by molar-refractivity contribution is 5.97. The van der Waals surface area contributed by atoms with Crippen LogP contribution in [0.1, 0.15) is 30.1 Å². The number of hydrogen-bond acceptors (Lipinski definition) is 4. The molecule has 6 nitrogen and oxygen atoms in total. The zero-order valence-electron chi connectivity index (χ0n) is 12.6. The van der Waals surface area contributed by atoms with Crippen molar-refractivity contribution in [1.29, 1.82) is 0 Å². The summed E-state index contributed by atoms with van der Waals surface area (Å²) in [6, 6.07) is 6.98. The fraction of sp³-hybridized carbons (Fsp3) is 0.500. The molecule has 0 aliphatic carbocycles. The van der Waals surface area contributed by atoms with E-state index in [1.54, 1.807) is 24.3 Å². The number of rotatable bonds is 5. The highest BCUT2D eigenvalue weighted by Crippen LogP contribution is 2.24. The number of carbonyl (C=O) groups excluding carboxylic acids is 1. The fourth-order valence-electron chi connectivity index (χ4n) is 2.56. The molecule has 1 saturated heterocycles. The van der Waals surface area contributed by atoms with Gasteiger partial charge in [0.15, 0.2) is 0 Å². The number of aliphatic hydroxyl groups is 1. The number of β-amino-alcohol motifs (C(OH)–C–C–N with tert-alkyl or cyclic N) is 1. The number of carbonyl (C=O) groups is 2. The average Bonchev–Trinajstić information content (AvgIpc) is 2.52. The van der Waals surface area contributed by atoms with Crippen LogP contribution in [0.2, 0.25) is 0 Å². The van der Waals surface area contributed by atoms with E-state index in [4.69, 9.17) is 9.84 Å². The highest BCUT2D eigenvalue weighted by atomic mass is 16.5. The Balaban J connectivity index is 2.11. The van der Waals surface area contributed by atoms with Crippen LogP contribution in [-0.4, -0.2) is 52.8 Å². The maximum absolute atomic E-state index is 12.6. The van der Waals surface area contributed by atoms with Crippen LogP contribution in [0.3, 0.4) is 0 Å². The van der Waals surface area contributed by atoms with E-state index >= 15 is 0 Å². The molecule has 0 saturated carbocycles. The quantitative estimate of drug-likeness (QED) is 0.858. The molecule has 1 heterocycles. The van der Waals surface area contributed by atoms with Gasteiger partial charge in [-0.15, -0.1) is 0 Å². The van der Waals surface area contributed by atoms with Gasteiger partial charge >= 0.3 is 5.97 Å². The number of aliphatic carboxylic acids is 1. The van der Waals surface area contributed by atoms with E-state index in [2.05, 4.69) is 0 Å². The van der Waals surface area contributed by atoms with Crippen LogP contribution in [0.5, 0.6) is 5.75 Å². The number of carboxylic acids is 1. The number of aliphatic hydroxyl groups excluding tert-OH is 1. The number of nitrogens with zero attached hydrogens (tertiary/aromatic N) is 1. The van der Waals surface area contributed by atoms with E-state index in [-0.39, 0.29) is 18.9 Å². The van der Waals surface area contributed by atoms with Crippen molar-refractivity contribution in [3.8, 4) is 5.75 Å². The van der Waals surface area contributed by atoms with Crippen molar-refractivity contribution in [2.45, 2.75) is 25.9 Å². The molecule has 22 heavy (non-hydrogen) atoms. The van der Waals surface area contributed by atoms with E-state index in [1.807, 2.05) is 6.92 Å². The Bertz CT molecular complexity index is 545. The number of piperidine rings is 1. The minimum absolute atomic E-state index is 0.0257. The fourth-order valence-corrected chi connectivity index (χ4v) is 2.56. The Morgan fingerprint density at radius 2 is 2.09 bits per heavy atom. The van der Waals surface area contributed by atoms with Crippen LogP contribution in [0, 0.1) is 5.92 Å². The molecule has 1 aliphatic heterocycles. The van der Waals surface area contributed by atoms with E-state index in [0.29, 0.717) is 24.5 Å². The molecule has 0 unspecified atom stereocenters. The lowest BCUT2D eigenvalue weighted by atomic mass is 9.93. The Morgan fingerprint density at radius 3 is 2.73 bits per heavy atom. The largest absolute Gasteiger partial charge is 0.493 e. The second-order valence-corrected chi connectivity index (χ2v) is 5.40. The van der Waals surface area contributed by atoms with Gasteiger partial charge in [-0.2, -0.15) is 0 Å². The molecule has 2 atom stereocenters. The monoisotopic (exact) mass is 307 g/mol. The Labute approximate surface area is 129 Å². The van der Waals surface area contributed by atoms with Gasteiger partial charge in [0.2, 0.25) is 0 Å². The van der Waals surface area contributed by atoms with Crippen molar-refractivity contribution in [2.24, 2.45) is 5.92 Å². The predicted molar refractivity (Wildman–Crippen MR) is 79.9 cm³/mol. The topological polar surface area (TPSA) is 87.1 Å². The third-order valence-electron chi connectivity index (χ3n) is 3.77. The molecule has 120 valence electrons. The third-order valence-corrected chi connectivity index (χ3v) is 3.77. The summed E-state index contributed by atoms with van der Waals surface area (Å²) >= 11 is 0. The Kier molecular flexibility index (Phi) is 5.38. The molecule has 1 fully saturated rings. The van der Waals surface area contributed by atoms with Gasteiger partial charge in [0.05, 0.1) is 24.2 Å². The molecule has 2 N–H and O–H groups in total. The molecule has 0 aromatic heterocycles. The predicted octanol–water partition coefficient (Wildman–Crippen LogP) is 1.38. The second kappa shape index (κ2) is 7.26. The summed E-state index contributed by atoms with van der Waals surface area (Å²) in [7, 11) is 0. The first-order chi connectivity index (χ1) is 10.5. The lowest BCUT2D eigenvalue weighted by Crippen LogP contribution is -2.48. The summed E-state index contributed by atoms with van der Waals surface area (Å²) in [6.07, 6.45) is 0.0461. The van der Waals surface area contributed by atoms with Gasteiger partial charge in [-0.05, 0) is 25.0 Å². The molecular weight excluding hydrogens is 286 g/mol. The van der Waals surface area contributed by atoms with Crippen molar-refractivity contribution in [3.05, 3.63) is 29.8 Å². The number of amides is 1. The minimum Gasteiger partial charge on any atom is -0.493 e. The summed E-state index contributed by atoms with van der Waals surface area (Å²) in [5.74, 6) is -1.55. The summed E-state index contributed by atoms with van der Waals surface area (Å²) in [5.41, 5.74) is 0.442. The van der Waals surface area contributed by atoms with Crippen LogP contribution < -0.4 is 4.74 Å². The second-order valence-electron chi connectivity index (χ2n) is 5.40. The zero-order valence-corrected chi connectivity index (χ0v) is 12.6. The first kappa shape index (κ1) is 16.3. The van der Waals surface area contributed by atoms with Gasteiger partial charge in [-0.3, -0.25) is 9.59 Å². The van der Waals surface area contributed by atoms with Crippen LogP contribution in [0.4, 0.5) is 0 Å². The molecule has 0 radical (unpaired) electrons. The molecule has 1 aromatic rings. The number of para-hydroxylation sites is 1. The highest BCUT2D eigenvalue weighted by Gasteiger charge is 2.35. The van der Waals surface area contributed by atoms with Crippen molar-refractivity contribution < 1.29 is 24.5 Å². The van der Waals surface area contributed by atoms with Gasteiger partial charge in [0.25, 0.3) is 5.91 Å². The van der Waals surface area contributed by atoms with Crippen LogP contribution in [0.15, 0.2) is 24.3 Å². The number of benzene rings is 1. The normalized spacial score (nSPS) is 21.5. The molecule has 1 amide bonds. The Morgan fingerprint density at radius 1 is 1.36 bits per heavy atom. The molecule has 2 rings (SSSR count). The van der Waals surface area contributed by atoms with Crippen molar-refractivity contribution in [1.82, 2.24) is 4.90 Å². The van der Waals surface area contributed by atoms with Gasteiger partial charge in [0.1, 0.15) is 5.75 Å². The molecule has 0 bridgehead atoms. The summed E-state index contributed by atoms with van der Waals surface area (Å²) in [4.78, 5) is 25.1. The first-order valence-corrected chi connectivity index (χ1v) is 7.46. The van der Waals surface area contributed by atoms with Gasteiger partial charge in [-0.1, -0.05) is 19.1 Å². The molecular formula is C16H21NO5. The third kappa shape index (κ3) is 3.57. The van der Waals surface area contributed by atoms with Crippen molar-refractivity contribution in [3.63, 3.8) is 0 Å². The number of ether oxygens (including phenoxy) is 1. The van der Waals surface area contributed by atoms with Crippen molar-refractivity contribution in [2.75, 3.05) is 19.7 Å². The standard InChI is InChI=1S/C16H21NO5/c1-2-9-22-14-6-4-3-5-12(14)15(19)17-8-7-11(16(20)21)13(18)10-17/h3-6,11,13,18H,2,7-10H2,1H3,(H,20,21)/t11-,13+/m0/s1. The summed E-state index contributed by atoms with van der Waals surface area (Å²) in [6.45, 7) is 2.85. The van der Waals surface area contributed by atoms with E-state index in [0.717, 1.165) is 6.42 Å². The van der Waals surface area contributed by atoms with E-state index in [1.165, 1.54) is 4.90 Å². The van der Waals surface area contributed by atoms with Crippen LogP contribution in [0.25, 0.3) is 0 Å². The van der Waals surface area contributed by atoms with E-state index < -0.39 is 18.0 Å². The molecule has 6 heteroatoms. The summed E-state index contributed by atoms with van der Waals surface area (Å²) in [5, 5.41) is 18.9. The van der Waals surface area contributed by atoms with Crippen LogP contribution >= 0.6 is 0 Å². The molecule has 1 aliphatic rings. The maximum Gasteiger partial charge on any atom is 0.309 e. The number of likely N-dealkylation sites (tertiary alicyclic amines) is 1. The summed E-state index contributed by atoms with van der Waals surface area (Å²) < 4.78 is 5.58. The Hall–Kier alpha value is -2.08. The minimum atomic E-state index is -1.04. The maximum atomic E-state index is 12.6. The molecule has 1 aromatic carbocycles. The average molecular weight is 307 g/mol. The van der Waals surface area contributed by atoms with E-state index in [9.17, 15) is 14.7 Å². The van der Waals surface area contributed by atoms with Gasteiger partial charge in [-0.25, -0.2) is 0 Å². The van der Waals surface area contributed by atoms with Crippen LogP contribution in [-0.2, 0) is 4.79 Å². The van der Waals surface area contributed by atoms with Crippen molar-refractivity contribution >= 4 is 11.9 Å². The first-order valence-electron chi connectivity index (χ1n) is 7.46. The number of carboxylic acid groups (broad SMARTS) is 1. The molecule has 0 spiro atoms. The van der Waals surface area contributed by atoms with Gasteiger partial charge < -0.3 is 19.8 Å². The lowest BCUT2D eigenvalue weighted by molar-refractivity contribution is -0.148.